The molecule has 1 amide bonds. The van der Waals surface area contributed by atoms with Crippen LogP contribution in [0.15, 0.2) is 103 Å². The summed E-state index contributed by atoms with van der Waals surface area (Å²) in [6.45, 7) is 4.88. The number of hydrogen-bond acceptors (Lipinski definition) is 3. The third-order valence-electron chi connectivity index (χ3n) is 6.60. The van der Waals surface area contributed by atoms with E-state index in [0.717, 1.165) is 29.6 Å². The molecule has 0 bridgehead atoms. The minimum atomic E-state index is -0.522. The van der Waals surface area contributed by atoms with Crippen molar-refractivity contribution in [1.29, 1.82) is 0 Å². The molecular formula is C30H30N2O2. The number of piperazine rings is 1. The molecule has 0 radical (unpaired) electrons. The number of rotatable bonds is 6. The minimum Gasteiger partial charge on any atom is -0.481 e. The van der Waals surface area contributed by atoms with Crippen molar-refractivity contribution in [3.8, 4) is 5.75 Å². The lowest BCUT2D eigenvalue weighted by atomic mass is 9.96. The van der Waals surface area contributed by atoms with Crippen LogP contribution in [0.1, 0.15) is 24.1 Å². The van der Waals surface area contributed by atoms with Crippen LogP contribution >= 0.6 is 0 Å². The van der Waals surface area contributed by atoms with Crippen molar-refractivity contribution >= 4 is 16.7 Å². The number of fused-ring (bicyclic) bond motifs is 1. The van der Waals surface area contributed by atoms with Gasteiger partial charge in [0.2, 0.25) is 0 Å². The van der Waals surface area contributed by atoms with Gasteiger partial charge in [-0.05, 0) is 41.0 Å². The van der Waals surface area contributed by atoms with Gasteiger partial charge in [0, 0.05) is 26.2 Å². The van der Waals surface area contributed by atoms with Crippen LogP contribution in [0.5, 0.6) is 5.75 Å². The molecule has 1 aliphatic heterocycles. The molecule has 1 atom stereocenters. The van der Waals surface area contributed by atoms with E-state index in [-0.39, 0.29) is 11.9 Å². The molecule has 1 fully saturated rings. The van der Waals surface area contributed by atoms with Crippen LogP contribution in [0, 0.1) is 0 Å². The maximum Gasteiger partial charge on any atom is 0.263 e. The molecule has 172 valence electrons. The summed E-state index contributed by atoms with van der Waals surface area (Å²) < 4.78 is 6.05. The fraction of sp³-hybridized carbons (Fsp3) is 0.233. The van der Waals surface area contributed by atoms with Crippen molar-refractivity contribution < 1.29 is 9.53 Å². The highest BCUT2D eigenvalue weighted by Gasteiger charge is 2.30. The molecule has 0 aromatic heterocycles. The maximum atomic E-state index is 13.2. The van der Waals surface area contributed by atoms with E-state index in [1.165, 1.54) is 11.1 Å². The summed E-state index contributed by atoms with van der Waals surface area (Å²) in [5, 5.41) is 2.28. The average molecular weight is 451 g/mol. The van der Waals surface area contributed by atoms with Gasteiger partial charge in [-0.2, -0.15) is 0 Å². The summed E-state index contributed by atoms with van der Waals surface area (Å²) in [7, 11) is 0. The third-order valence-corrected chi connectivity index (χ3v) is 6.60. The van der Waals surface area contributed by atoms with Gasteiger partial charge in [-0.1, -0.05) is 91.0 Å². The summed E-state index contributed by atoms with van der Waals surface area (Å²) in [4.78, 5) is 17.6. The normalized spacial score (nSPS) is 15.4. The maximum absolute atomic E-state index is 13.2. The van der Waals surface area contributed by atoms with Crippen LogP contribution in [0.4, 0.5) is 0 Å². The van der Waals surface area contributed by atoms with Crippen LogP contribution in [0.2, 0.25) is 0 Å². The minimum absolute atomic E-state index is 0.0452. The predicted octanol–water partition coefficient (Wildman–Crippen LogP) is 5.54. The van der Waals surface area contributed by atoms with Gasteiger partial charge in [-0.15, -0.1) is 0 Å². The van der Waals surface area contributed by atoms with Crippen LogP contribution in [0.3, 0.4) is 0 Å². The quantitative estimate of drug-likeness (QED) is 0.387. The number of benzene rings is 4. The molecule has 4 aromatic carbocycles. The summed E-state index contributed by atoms with van der Waals surface area (Å²) >= 11 is 0. The molecule has 0 spiro atoms. The smallest absolute Gasteiger partial charge is 0.263 e. The zero-order valence-corrected chi connectivity index (χ0v) is 19.5. The first-order chi connectivity index (χ1) is 16.7. The van der Waals surface area contributed by atoms with Crippen molar-refractivity contribution in [2.24, 2.45) is 0 Å². The summed E-state index contributed by atoms with van der Waals surface area (Å²) in [5.74, 6) is 0.773. The van der Waals surface area contributed by atoms with Crippen LogP contribution in [-0.2, 0) is 4.79 Å². The second-order valence-electron chi connectivity index (χ2n) is 8.85. The molecule has 4 aromatic rings. The summed E-state index contributed by atoms with van der Waals surface area (Å²) in [6, 6.07) is 35.6. The van der Waals surface area contributed by atoms with E-state index in [4.69, 9.17) is 4.74 Å². The van der Waals surface area contributed by atoms with E-state index in [9.17, 15) is 4.79 Å². The van der Waals surface area contributed by atoms with Gasteiger partial charge in [0.1, 0.15) is 5.75 Å². The highest BCUT2D eigenvalue weighted by molar-refractivity contribution is 5.84. The summed E-state index contributed by atoms with van der Waals surface area (Å²) in [5.41, 5.74) is 2.56. The van der Waals surface area contributed by atoms with Gasteiger partial charge < -0.3 is 9.64 Å². The Kier molecular flexibility index (Phi) is 6.59. The Balaban J connectivity index is 1.24. The molecule has 1 aliphatic rings. The molecule has 0 aliphatic carbocycles. The lowest BCUT2D eigenvalue weighted by Crippen LogP contribution is -2.52. The van der Waals surface area contributed by atoms with Crippen LogP contribution in [-0.4, -0.2) is 48.0 Å². The van der Waals surface area contributed by atoms with Crippen molar-refractivity contribution in [3.63, 3.8) is 0 Å². The molecule has 5 rings (SSSR count). The Morgan fingerprint density at radius 2 is 1.26 bits per heavy atom. The molecule has 1 heterocycles. The number of carbonyl (C=O) groups is 1. The Bertz CT molecular complexity index is 1190. The van der Waals surface area contributed by atoms with Gasteiger partial charge in [-0.3, -0.25) is 9.69 Å². The molecule has 0 N–H and O–H groups in total. The Morgan fingerprint density at radius 1 is 0.706 bits per heavy atom. The molecule has 34 heavy (non-hydrogen) atoms. The number of amides is 1. The van der Waals surface area contributed by atoms with Crippen LogP contribution in [0.25, 0.3) is 10.8 Å². The Morgan fingerprint density at radius 3 is 1.88 bits per heavy atom. The van der Waals surface area contributed by atoms with E-state index in [1.807, 2.05) is 42.2 Å². The van der Waals surface area contributed by atoms with Gasteiger partial charge in [-0.25, -0.2) is 0 Å². The molecule has 4 nitrogen and oxygen atoms in total. The van der Waals surface area contributed by atoms with Crippen molar-refractivity contribution in [2.75, 3.05) is 26.2 Å². The topological polar surface area (TPSA) is 32.8 Å². The number of nitrogens with zero attached hydrogens (tertiary/aromatic N) is 2. The zero-order valence-electron chi connectivity index (χ0n) is 19.5. The fourth-order valence-corrected chi connectivity index (χ4v) is 4.84. The standard InChI is InChI=1S/C30H30N2O2/c1-23(34-28-17-16-24-10-8-9-15-27(24)22-28)30(33)32-20-18-31(19-21-32)29(25-11-4-2-5-12-25)26-13-6-3-7-14-26/h2-17,22-23,29H,18-21H2,1H3/t23-/m1/s1. The van der Waals surface area contributed by atoms with Crippen LogP contribution < -0.4 is 4.74 Å². The number of hydrogen-bond donors (Lipinski definition) is 0. The molecule has 0 saturated carbocycles. The van der Waals surface area contributed by atoms with Crippen molar-refractivity contribution in [1.82, 2.24) is 9.80 Å². The lowest BCUT2D eigenvalue weighted by molar-refractivity contribution is -0.140. The fourth-order valence-electron chi connectivity index (χ4n) is 4.84. The average Bonchev–Trinajstić information content (AvgIpc) is 2.90. The Labute approximate surface area is 201 Å². The van der Waals surface area contributed by atoms with E-state index < -0.39 is 6.10 Å². The molecular weight excluding hydrogens is 420 g/mol. The van der Waals surface area contributed by atoms with Gasteiger partial charge in [0.25, 0.3) is 5.91 Å². The lowest BCUT2D eigenvalue weighted by Gasteiger charge is -2.40. The third kappa shape index (κ3) is 4.82. The molecule has 1 saturated heterocycles. The second-order valence-corrected chi connectivity index (χ2v) is 8.85. The van der Waals surface area contributed by atoms with E-state index >= 15 is 0 Å². The first-order valence-corrected chi connectivity index (χ1v) is 12.0. The van der Waals surface area contributed by atoms with E-state index in [2.05, 4.69) is 77.7 Å². The van der Waals surface area contributed by atoms with E-state index in [0.29, 0.717) is 13.1 Å². The number of carbonyl (C=O) groups excluding carboxylic acids is 1. The first-order valence-electron chi connectivity index (χ1n) is 12.0. The number of ether oxygens (including phenoxy) is 1. The summed E-state index contributed by atoms with van der Waals surface area (Å²) in [6.07, 6.45) is -0.522. The zero-order chi connectivity index (χ0) is 23.3. The predicted molar refractivity (Wildman–Crippen MR) is 137 cm³/mol. The largest absolute Gasteiger partial charge is 0.481 e. The van der Waals surface area contributed by atoms with Gasteiger partial charge in [0.15, 0.2) is 6.10 Å². The Hall–Kier alpha value is -3.63. The van der Waals surface area contributed by atoms with Gasteiger partial charge >= 0.3 is 0 Å². The highest BCUT2D eigenvalue weighted by Crippen LogP contribution is 2.29. The second kappa shape index (κ2) is 10.1. The highest BCUT2D eigenvalue weighted by atomic mass is 16.5. The molecule has 0 unspecified atom stereocenters. The monoisotopic (exact) mass is 450 g/mol. The van der Waals surface area contributed by atoms with Crippen molar-refractivity contribution in [2.45, 2.75) is 19.1 Å². The van der Waals surface area contributed by atoms with Crippen molar-refractivity contribution in [3.05, 3.63) is 114 Å². The van der Waals surface area contributed by atoms with E-state index in [1.54, 1.807) is 0 Å². The first kappa shape index (κ1) is 22.2. The SMILES string of the molecule is C[C@@H](Oc1ccc2ccccc2c1)C(=O)N1CCN(C(c2ccccc2)c2ccccc2)CC1. The van der Waals surface area contributed by atoms with Gasteiger partial charge in [0.05, 0.1) is 6.04 Å². The molecule has 4 heteroatoms.